The molecule has 1 atom stereocenters. The second kappa shape index (κ2) is 10.5. The highest BCUT2D eigenvalue weighted by Gasteiger charge is 2.37. The van der Waals surface area contributed by atoms with E-state index < -0.39 is 22.0 Å². The third-order valence-corrected chi connectivity index (χ3v) is 8.53. The number of aliphatic hydroxyl groups is 1. The molecule has 190 valence electrons. The highest BCUT2D eigenvalue weighted by molar-refractivity contribution is 7.89. The van der Waals surface area contributed by atoms with E-state index in [0.717, 1.165) is 21.9 Å². The number of amides is 1. The second-order valence-corrected chi connectivity index (χ2v) is 11.1. The summed E-state index contributed by atoms with van der Waals surface area (Å²) in [5.74, 6) is -0.385. The zero-order valence-corrected chi connectivity index (χ0v) is 21.3. The van der Waals surface area contributed by atoms with Crippen LogP contribution in [0.2, 0.25) is 5.02 Å². The number of sulfonamides is 1. The van der Waals surface area contributed by atoms with E-state index in [0.29, 0.717) is 5.02 Å². The Kier molecular flexibility index (Phi) is 7.16. The highest BCUT2D eigenvalue weighted by atomic mass is 35.5. The van der Waals surface area contributed by atoms with Crippen molar-refractivity contribution in [2.45, 2.75) is 17.4 Å². The summed E-state index contributed by atoms with van der Waals surface area (Å²) in [4.78, 5) is 27.5. The van der Waals surface area contributed by atoms with Gasteiger partial charge in [0, 0.05) is 67.7 Å². The maximum absolute atomic E-state index is 13.5. The van der Waals surface area contributed by atoms with Crippen molar-refractivity contribution >= 4 is 38.3 Å². The van der Waals surface area contributed by atoms with E-state index in [1.165, 1.54) is 4.31 Å². The van der Waals surface area contributed by atoms with Gasteiger partial charge in [0.15, 0.2) is 0 Å². The number of hydrogen-bond acceptors (Lipinski definition) is 7. The maximum Gasteiger partial charge on any atom is 0.291 e. The van der Waals surface area contributed by atoms with E-state index in [2.05, 4.69) is 15.0 Å². The van der Waals surface area contributed by atoms with Crippen LogP contribution in [-0.4, -0.2) is 75.9 Å². The zero-order chi connectivity index (χ0) is 26.0. The lowest BCUT2D eigenvalue weighted by Crippen LogP contribution is -2.56. The zero-order valence-electron chi connectivity index (χ0n) is 19.7. The highest BCUT2D eigenvalue weighted by Crippen LogP contribution is 2.27. The second-order valence-electron chi connectivity index (χ2n) is 8.71. The molecule has 5 rings (SSSR count). The topological polar surface area (TPSA) is 117 Å². The first-order chi connectivity index (χ1) is 17.9. The fraction of sp³-hybridized carbons (Fsp3) is 0.231. The first-order valence-corrected chi connectivity index (χ1v) is 13.5. The molecule has 1 fully saturated rings. The van der Waals surface area contributed by atoms with Crippen LogP contribution in [0.4, 0.5) is 0 Å². The molecule has 0 aliphatic carbocycles. The van der Waals surface area contributed by atoms with Gasteiger partial charge in [0.1, 0.15) is 0 Å². The molecule has 11 heteroatoms. The number of hydrogen-bond donors (Lipinski definition) is 1. The molecule has 4 aromatic rings. The normalized spacial score (nSPS) is 16.7. The number of carbonyl (C=O) groups is 1. The van der Waals surface area contributed by atoms with Crippen LogP contribution >= 0.6 is 11.6 Å². The number of fused-ring (bicyclic) bond motifs is 1. The minimum Gasteiger partial charge on any atom is -0.396 e. The quantitative estimate of drug-likeness (QED) is 0.401. The first kappa shape index (κ1) is 25.2. The van der Waals surface area contributed by atoms with E-state index in [-0.39, 0.29) is 43.4 Å². The molecular weight excluding hydrogens is 514 g/mol. The Labute approximate surface area is 219 Å². The molecular formula is C26H24ClN5O4S. The van der Waals surface area contributed by atoms with Crippen LogP contribution in [0, 0.1) is 0 Å². The molecule has 37 heavy (non-hydrogen) atoms. The van der Waals surface area contributed by atoms with Gasteiger partial charge >= 0.3 is 0 Å². The lowest BCUT2D eigenvalue weighted by Gasteiger charge is -2.40. The number of halogens is 1. The molecule has 0 radical (unpaired) electrons. The third-order valence-electron chi connectivity index (χ3n) is 6.44. The monoisotopic (exact) mass is 537 g/mol. The molecule has 1 saturated heterocycles. The molecule has 2 aromatic heterocycles. The lowest BCUT2D eigenvalue weighted by atomic mass is 10.1. The SMILES string of the molecule is O=C(c1ncc(-c2ccncc2)cn1)N1CCN(S(=O)(=O)c2ccc3cc(Cl)ccc3c2)CC1CCO. The number of pyridine rings is 1. The molecule has 1 N–H and O–H groups in total. The average molecular weight is 538 g/mol. The van der Waals surface area contributed by atoms with Crippen molar-refractivity contribution in [2.75, 3.05) is 26.2 Å². The number of benzene rings is 2. The van der Waals surface area contributed by atoms with Crippen LogP contribution < -0.4 is 0 Å². The summed E-state index contributed by atoms with van der Waals surface area (Å²) < 4.78 is 28.3. The van der Waals surface area contributed by atoms with Crippen molar-refractivity contribution in [2.24, 2.45) is 0 Å². The summed E-state index contributed by atoms with van der Waals surface area (Å²) in [7, 11) is -3.82. The third kappa shape index (κ3) is 5.19. The summed E-state index contributed by atoms with van der Waals surface area (Å²) >= 11 is 6.04. The van der Waals surface area contributed by atoms with E-state index >= 15 is 0 Å². The van der Waals surface area contributed by atoms with Crippen LogP contribution in [0.1, 0.15) is 17.0 Å². The Morgan fingerprint density at radius 1 is 0.973 bits per heavy atom. The van der Waals surface area contributed by atoms with Gasteiger partial charge in [-0.2, -0.15) is 4.31 Å². The summed E-state index contributed by atoms with van der Waals surface area (Å²) in [5, 5.41) is 11.8. The number of rotatable bonds is 6. The van der Waals surface area contributed by atoms with Crippen LogP contribution in [0.25, 0.3) is 21.9 Å². The lowest BCUT2D eigenvalue weighted by molar-refractivity contribution is 0.0507. The molecule has 0 spiro atoms. The Bertz CT molecular complexity index is 1530. The van der Waals surface area contributed by atoms with Crippen LogP contribution in [0.5, 0.6) is 0 Å². The van der Waals surface area contributed by atoms with Crippen molar-refractivity contribution in [1.29, 1.82) is 0 Å². The summed E-state index contributed by atoms with van der Waals surface area (Å²) in [6, 6.07) is 13.3. The van der Waals surface area contributed by atoms with Crippen LogP contribution in [0.3, 0.4) is 0 Å². The molecule has 1 amide bonds. The van der Waals surface area contributed by atoms with Crippen molar-refractivity contribution in [3.05, 3.63) is 84.2 Å². The molecule has 3 heterocycles. The smallest absolute Gasteiger partial charge is 0.291 e. The minimum absolute atomic E-state index is 0.0187. The molecule has 1 unspecified atom stereocenters. The van der Waals surface area contributed by atoms with Crippen LogP contribution in [0.15, 0.2) is 78.2 Å². The van der Waals surface area contributed by atoms with E-state index in [4.69, 9.17) is 11.6 Å². The number of nitrogens with zero attached hydrogens (tertiary/aromatic N) is 5. The molecule has 0 saturated carbocycles. The number of aromatic nitrogens is 3. The Balaban J connectivity index is 1.35. The van der Waals surface area contributed by atoms with Crippen LogP contribution in [-0.2, 0) is 10.0 Å². The maximum atomic E-state index is 13.5. The summed E-state index contributed by atoms with van der Waals surface area (Å²) in [6.45, 7) is 0.133. The minimum atomic E-state index is -3.82. The van der Waals surface area contributed by atoms with E-state index in [1.807, 2.05) is 12.1 Å². The number of carbonyl (C=O) groups excluding carboxylic acids is 1. The predicted octanol–water partition coefficient (Wildman–Crippen LogP) is 3.24. The van der Waals surface area contributed by atoms with Gasteiger partial charge in [-0.3, -0.25) is 9.78 Å². The summed E-state index contributed by atoms with van der Waals surface area (Å²) in [5.41, 5.74) is 1.63. The van der Waals surface area contributed by atoms with Crippen molar-refractivity contribution in [1.82, 2.24) is 24.2 Å². The fourth-order valence-electron chi connectivity index (χ4n) is 4.47. The van der Waals surface area contributed by atoms with Gasteiger partial charge in [-0.05, 0) is 59.2 Å². The van der Waals surface area contributed by atoms with Crippen molar-refractivity contribution in [3.63, 3.8) is 0 Å². The standard InChI is InChI=1S/C26H24ClN5O4S/c27-22-3-1-20-14-24(4-2-19(20)13-22)37(35,36)31-10-11-32(23(17-31)7-12-33)26(34)25-29-15-21(16-30-25)18-5-8-28-9-6-18/h1-6,8-9,13-16,23,33H,7,10-12,17H2. The molecule has 9 nitrogen and oxygen atoms in total. The molecule has 0 bridgehead atoms. The van der Waals surface area contributed by atoms with E-state index in [9.17, 15) is 18.3 Å². The average Bonchev–Trinajstić information content (AvgIpc) is 2.93. The van der Waals surface area contributed by atoms with Gasteiger partial charge in [0.25, 0.3) is 5.91 Å². The van der Waals surface area contributed by atoms with Gasteiger partial charge in [0.05, 0.1) is 4.90 Å². The Morgan fingerprint density at radius 2 is 1.68 bits per heavy atom. The van der Waals surface area contributed by atoms with Crippen molar-refractivity contribution < 1.29 is 18.3 Å². The molecule has 1 aliphatic rings. The summed E-state index contributed by atoms with van der Waals surface area (Å²) in [6.07, 6.45) is 6.70. The van der Waals surface area contributed by atoms with Gasteiger partial charge in [0.2, 0.25) is 15.8 Å². The Hall–Kier alpha value is -3.44. The largest absolute Gasteiger partial charge is 0.396 e. The number of aliphatic hydroxyl groups excluding tert-OH is 1. The predicted molar refractivity (Wildman–Crippen MR) is 140 cm³/mol. The first-order valence-electron chi connectivity index (χ1n) is 11.7. The molecule has 1 aliphatic heterocycles. The van der Waals surface area contributed by atoms with E-state index in [1.54, 1.807) is 66.1 Å². The Morgan fingerprint density at radius 3 is 2.41 bits per heavy atom. The fourth-order valence-corrected chi connectivity index (χ4v) is 6.16. The van der Waals surface area contributed by atoms with Crippen molar-refractivity contribution in [3.8, 4) is 11.1 Å². The molecule has 2 aromatic carbocycles. The van der Waals surface area contributed by atoms with Gasteiger partial charge in [-0.1, -0.05) is 23.7 Å². The van der Waals surface area contributed by atoms with Gasteiger partial charge in [-0.25, -0.2) is 18.4 Å². The number of piperazine rings is 1. The van der Waals surface area contributed by atoms with Gasteiger partial charge < -0.3 is 10.0 Å². The van der Waals surface area contributed by atoms with Gasteiger partial charge in [-0.15, -0.1) is 0 Å².